The predicted molar refractivity (Wildman–Crippen MR) is 71.7 cm³/mol. The average molecular weight is 269 g/mol. The minimum Gasteiger partial charge on any atom is -0.310 e. The predicted octanol–water partition coefficient (Wildman–Crippen LogP) is 3.53. The number of nitrogens with zero attached hydrogens (tertiary/aromatic N) is 1. The number of hydrogen-bond donors (Lipinski definition) is 1. The fourth-order valence-electron chi connectivity index (χ4n) is 2.52. The minimum atomic E-state index is -0.357. The van der Waals surface area contributed by atoms with Gasteiger partial charge in [0.15, 0.2) is 0 Å². The van der Waals surface area contributed by atoms with Crippen molar-refractivity contribution in [2.24, 2.45) is 5.92 Å². The van der Waals surface area contributed by atoms with Crippen LogP contribution in [0, 0.1) is 16.0 Å². The Hall–Kier alpha value is -1.13. The average Bonchev–Trinajstić information content (AvgIpc) is 2.72. The lowest BCUT2D eigenvalue weighted by Crippen LogP contribution is -2.26. The van der Waals surface area contributed by atoms with E-state index >= 15 is 0 Å². The second kappa shape index (κ2) is 5.67. The van der Waals surface area contributed by atoms with Gasteiger partial charge in [0.2, 0.25) is 0 Å². The Morgan fingerprint density at radius 3 is 2.89 bits per heavy atom. The summed E-state index contributed by atoms with van der Waals surface area (Å²) in [6.45, 7) is 2.75. The van der Waals surface area contributed by atoms with Gasteiger partial charge in [-0.1, -0.05) is 18.5 Å². The van der Waals surface area contributed by atoms with Gasteiger partial charge in [0.1, 0.15) is 0 Å². The van der Waals surface area contributed by atoms with Crippen LogP contribution in [-0.2, 0) is 6.54 Å². The molecule has 0 spiro atoms. The monoisotopic (exact) mass is 268 g/mol. The Morgan fingerprint density at radius 2 is 2.28 bits per heavy atom. The quantitative estimate of drug-likeness (QED) is 0.671. The number of hydrogen-bond acceptors (Lipinski definition) is 3. The Balaban J connectivity index is 2.04. The van der Waals surface area contributed by atoms with Crippen LogP contribution in [0.4, 0.5) is 5.69 Å². The molecule has 0 amide bonds. The van der Waals surface area contributed by atoms with E-state index in [0.717, 1.165) is 18.8 Å². The number of halogens is 1. The third-order valence-electron chi connectivity index (χ3n) is 3.51. The van der Waals surface area contributed by atoms with E-state index in [9.17, 15) is 10.1 Å². The lowest BCUT2D eigenvalue weighted by Gasteiger charge is -2.12. The van der Waals surface area contributed by atoms with E-state index < -0.39 is 0 Å². The van der Waals surface area contributed by atoms with E-state index in [1.807, 2.05) is 0 Å². The summed E-state index contributed by atoms with van der Waals surface area (Å²) < 4.78 is 0. The Kier molecular flexibility index (Phi) is 4.19. The summed E-state index contributed by atoms with van der Waals surface area (Å²) in [6.07, 6.45) is 3.53. The van der Waals surface area contributed by atoms with Crippen LogP contribution in [0.1, 0.15) is 31.7 Å². The van der Waals surface area contributed by atoms with Crippen LogP contribution < -0.4 is 5.32 Å². The molecule has 18 heavy (non-hydrogen) atoms. The third-order valence-corrected chi connectivity index (χ3v) is 3.75. The van der Waals surface area contributed by atoms with Crippen LogP contribution in [0.2, 0.25) is 5.02 Å². The van der Waals surface area contributed by atoms with E-state index in [1.165, 1.54) is 12.5 Å². The van der Waals surface area contributed by atoms with Gasteiger partial charge in [-0.2, -0.15) is 0 Å². The number of rotatable bonds is 4. The van der Waals surface area contributed by atoms with Gasteiger partial charge in [0.25, 0.3) is 5.69 Å². The van der Waals surface area contributed by atoms with Gasteiger partial charge in [-0.15, -0.1) is 0 Å². The maximum Gasteiger partial charge on any atom is 0.273 e. The summed E-state index contributed by atoms with van der Waals surface area (Å²) in [5, 5.41) is 14.8. The molecule has 1 saturated carbocycles. The molecule has 0 aromatic heterocycles. The highest BCUT2D eigenvalue weighted by atomic mass is 35.5. The summed E-state index contributed by atoms with van der Waals surface area (Å²) in [6, 6.07) is 5.17. The summed E-state index contributed by atoms with van der Waals surface area (Å²) in [5.41, 5.74) is 0.796. The minimum absolute atomic E-state index is 0.137. The molecule has 1 aliphatic rings. The van der Waals surface area contributed by atoms with Crippen molar-refractivity contribution in [3.63, 3.8) is 0 Å². The number of nitrogens with one attached hydrogen (secondary N) is 1. The molecule has 0 saturated heterocycles. The molecule has 0 aliphatic heterocycles. The van der Waals surface area contributed by atoms with Crippen LogP contribution in [-0.4, -0.2) is 11.0 Å². The van der Waals surface area contributed by atoms with E-state index in [1.54, 1.807) is 12.1 Å². The van der Waals surface area contributed by atoms with Gasteiger partial charge in [-0.05, 0) is 37.3 Å². The molecule has 98 valence electrons. The third kappa shape index (κ3) is 3.21. The second-order valence-electron chi connectivity index (χ2n) is 5.03. The second-order valence-corrected chi connectivity index (χ2v) is 5.46. The van der Waals surface area contributed by atoms with Crippen molar-refractivity contribution in [1.29, 1.82) is 0 Å². The molecule has 2 unspecified atom stereocenters. The first-order valence-corrected chi connectivity index (χ1v) is 6.60. The van der Waals surface area contributed by atoms with Gasteiger partial charge in [-0.25, -0.2) is 0 Å². The molecule has 2 rings (SSSR count). The maximum absolute atomic E-state index is 10.9. The molecule has 5 heteroatoms. The largest absolute Gasteiger partial charge is 0.310 e. The van der Waals surface area contributed by atoms with E-state index in [-0.39, 0.29) is 10.6 Å². The van der Waals surface area contributed by atoms with E-state index in [4.69, 9.17) is 11.6 Å². The van der Waals surface area contributed by atoms with Crippen molar-refractivity contribution in [3.8, 4) is 0 Å². The molecule has 0 radical (unpaired) electrons. The molecule has 1 aromatic rings. The van der Waals surface area contributed by atoms with Crippen molar-refractivity contribution in [3.05, 3.63) is 38.9 Å². The maximum atomic E-state index is 10.9. The van der Waals surface area contributed by atoms with Crippen molar-refractivity contribution in [2.75, 3.05) is 0 Å². The highest BCUT2D eigenvalue weighted by Crippen LogP contribution is 2.26. The Morgan fingerprint density at radius 1 is 1.50 bits per heavy atom. The topological polar surface area (TPSA) is 55.2 Å². The first kappa shape index (κ1) is 13.3. The van der Waals surface area contributed by atoms with E-state index in [2.05, 4.69) is 12.2 Å². The van der Waals surface area contributed by atoms with Gasteiger partial charge in [0, 0.05) is 29.2 Å². The molecular formula is C13H17ClN2O2. The molecule has 0 heterocycles. The van der Waals surface area contributed by atoms with Crippen molar-refractivity contribution >= 4 is 17.3 Å². The van der Waals surface area contributed by atoms with Crippen LogP contribution >= 0.6 is 11.6 Å². The fraction of sp³-hybridized carbons (Fsp3) is 0.538. The molecule has 2 atom stereocenters. The highest BCUT2D eigenvalue weighted by molar-refractivity contribution is 6.30. The van der Waals surface area contributed by atoms with Crippen LogP contribution in [0.3, 0.4) is 0 Å². The number of nitro groups is 1. The summed E-state index contributed by atoms with van der Waals surface area (Å²) in [7, 11) is 0. The molecule has 1 N–H and O–H groups in total. The van der Waals surface area contributed by atoms with Crippen molar-refractivity contribution in [1.82, 2.24) is 5.32 Å². The van der Waals surface area contributed by atoms with Crippen LogP contribution in [0.25, 0.3) is 0 Å². The van der Waals surface area contributed by atoms with Crippen molar-refractivity contribution < 1.29 is 4.92 Å². The first-order chi connectivity index (χ1) is 8.56. The Labute approximate surface area is 111 Å². The van der Waals surface area contributed by atoms with E-state index in [0.29, 0.717) is 23.2 Å². The summed E-state index contributed by atoms with van der Waals surface area (Å²) >= 11 is 5.89. The van der Waals surface area contributed by atoms with Crippen LogP contribution in [0.5, 0.6) is 0 Å². The highest BCUT2D eigenvalue weighted by Gasteiger charge is 2.22. The summed E-state index contributed by atoms with van der Waals surface area (Å²) in [5.74, 6) is 0.747. The number of benzene rings is 1. The molecule has 1 fully saturated rings. The molecule has 1 aromatic carbocycles. The van der Waals surface area contributed by atoms with Crippen LogP contribution in [0.15, 0.2) is 18.2 Å². The molecule has 4 nitrogen and oxygen atoms in total. The summed E-state index contributed by atoms with van der Waals surface area (Å²) in [4.78, 5) is 10.6. The number of nitro benzene ring substituents is 1. The lowest BCUT2D eigenvalue weighted by molar-refractivity contribution is -0.385. The lowest BCUT2D eigenvalue weighted by atomic mass is 10.1. The molecule has 1 aliphatic carbocycles. The van der Waals surface area contributed by atoms with Gasteiger partial charge in [0.05, 0.1) is 4.92 Å². The van der Waals surface area contributed by atoms with Gasteiger partial charge in [-0.3, -0.25) is 10.1 Å². The zero-order chi connectivity index (χ0) is 13.1. The normalized spacial score (nSPS) is 23.2. The first-order valence-electron chi connectivity index (χ1n) is 6.22. The SMILES string of the molecule is CC1CCC(NCc2cc(Cl)ccc2[N+](=O)[O-])C1. The Bertz CT molecular complexity index is 451. The standard InChI is InChI=1S/C13H17ClN2O2/c1-9-2-4-12(6-9)15-8-10-7-11(14)3-5-13(10)16(17)18/h3,5,7,9,12,15H,2,4,6,8H2,1H3. The zero-order valence-corrected chi connectivity index (χ0v) is 11.1. The van der Waals surface area contributed by atoms with Gasteiger partial charge < -0.3 is 5.32 Å². The molecular weight excluding hydrogens is 252 g/mol. The zero-order valence-electron chi connectivity index (χ0n) is 10.4. The molecule has 0 bridgehead atoms. The van der Waals surface area contributed by atoms with Gasteiger partial charge >= 0.3 is 0 Å². The smallest absolute Gasteiger partial charge is 0.273 e. The fourth-order valence-corrected chi connectivity index (χ4v) is 2.72. The van der Waals surface area contributed by atoms with Crippen molar-refractivity contribution in [2.45, 2.75) is 38.8 Å².